The summed E-state index contributed by atoms with van der Waals surface area (Å²) in [6, 6.07) is 6.22. The summed E-state index contributed by atoms with van der Waals surface area (Å²) in [6.45, 7) is 0. The second-order valence-electron chi connectivity index (χ2n) is 3.91. The van der Waals surface area contributed by atoms with Crippen LogP contribution in [-0.2, 0) is 0 Å². The van der Waals surface area contributed by atoms with E-state index in [0.717, 1.165) is 5.56 Å². The topological polar surface area (TPSA) is 79.2 Å². The van der Waals surface area contributed by atoms with Gasteiger partial charge in [0.1, 0.15) is 0 Å². The molecule has 0 fully saturated rings. The van der Waals surface area contributed by atoms with Crippen LogP contribution in [0.15, 0.2) is 42.1 Å². The molecular weight excluding hydrogens is 308 g/mol. The molecule has 0 atom stereocenters. The van der Waals surface area contributed by atoms with Gasteiger partial charge in [-0.1, -0.05) is 12.2 Å². The molecule has 5 nitrogen and oxygen atoms in total. The Labute approximate surface area is 129 Å². The molecule has 106 valence electrons. The molecule has 0 amide bonds. The van der Waals surface area contributed by atoms with Crippen molar-refractivity contribution in [3.63, 3.8) is 0 Å². The van der Waals surface area contributed by atoms with Crippen molar-refractivity contribution in [2.24, 2.45) is 0 Å². The molecule has 1 aromatic heterocycles. The monoisotopic (exact) mass is 318 g/mol. The smallest absolute Gasteiger partial charge is 0.269 e. The molecule has 1 heterocycles. The molecule has 0 aliphatic heterocycles. The first-order valence-electron chi connectivity index (χ1n) is 5.82. The SMILES string of the molecule is O=[N+]([O-])c1ccc(/C=C/C=C=Cc2sc(=S)[nH]c2O)cc1. The lowest BCUT2D eigenvalue weighted by Gasteiger charge is -1.92. The molecule has 21 heavy (non-hydrogen) atoms. The summed E-state index contributed by atoms with van der Waals surface area (Å²) in [5.74, 6) is 0.0326. The molecule has 2 aromatic rings. The molecular formula is C14H10N2O3S2. The number of rotatable bonds is 4. The normalized spacial score (nSPS) is 10.3. The van der Waals surface area contributed by atoms with Gasteiger partial charge in [-0.2, -0.15) is 0 Å². The van der Waals surface area contributed by atoms with Gasteiger partial charge in [0.2, 0.25) is 5.88 Å². The minimum absolute atomic E-state index is 0.0326. The molecule has 2 N–H and O–H groups in total. The van der Waals surface area contributed by atoms with Gasteiger partial charge in [0.25, 0.3) is 5.69 Å². The second kappa shape index (κ2) is 6.81. The van der Waals surface area contributed by atoms with E-state index in [0.29, 0.717) is 8.83 Å². The zero-order valence-electron chi connectivity index (χ0n) is 10.6. The lowest BCUT2D eigenvalue weighted by atomic mass is 10.2. The van der Waals surface area contributed by atoms with Gasteiger partial charge in [-0.05, 0) is 36.0 Å². The van der Waals surface area contributed by atoms with Crippen LogP contribution in [0.5, 0.6) is 5.88 Å². The van der Waals surface area contributed by atoms with Crippen LogP contribution in [-0.4, -0.2) is 15.0 Å². The van der Waals surface area contributed by atoms with E-state index in [-0.39, 0.29) is 11.6 Å². The van der Waals surface area contributed by atoms with Crippen molar-refractivity contribution in [2.45, 2.75) is 0 Å². The molecule has 0 spiro atoms. The number of aromatic amines is 1. The van der Waals surface area contributed by atoms with Crippen LogP contribution in [0.3, 0.4) is 0 Å². The summed E-state index contributed by atoms with van der Waals surface area (Å²) < 4.78 is 0.502. The molecule has 1 aromatic carbocycles. The van der Waals surface area contributed by atoms with E-state index in [9.17, 15) is 15.2 Å². The number of hydrogen-bond acceptors (Lipinski definition) is 5. The highest BCUT2D eigenvalue weighted by Crippen LogP contribution is 2.22. The van der Waals surface area contributed by atoms with Crippen LogP contribution in [0.25, 0.3) is 12.2 Å². The Morgan fingerprint density at radius 2 is 2.10 bits per heavy atom. The van der Waals surface area contributed by atoms with E-state index in [4.69, 9.17) is 12.2 Å². The van der Waals surface area contributed by atoms with E-state index >= 15 is 0 Å². The fourth-order valence-corrected chi connectivity index (χ4v) is 2.46. The van der Waals surface area contributed by atoms with Gasteiger partial charge in [-0.15, -0.1) is 17.1 Å². The molecule has 0 bridgehead atoms. The van der Waals surface area contributed by atoms with E-state index in [1.165, 1.54) is 23.5 Å². The zero-order chi connectivity index (χ0) is 15.2. The third-order valence-electron chi connectivity index (χ3n) is 2.46. The fourth-order valence-electron chi connectivity index (χ4n) is 1.48. The molecule has 0 radical (unpaired) electrons. The van der Waals surface area contributed by atoms with Crippen LogP contribution in [0.2, 0.25) is 0 Å². The zero-order valence-corrected chi connectivity index (χ0v) is 12.3. The van der Waals surface area contributed by atoms with Gasteiger partial charge >= 0.3 is 0 Å². The number of non-ortho nitro benzene ring substituents is 1. The number of nitrogens with one attached hydrogen (secondary N) is 1. The average Bonchev–Trinajstić information content (AvgIpc) is 2.77. The fraction of sp³-hybridized carbons (Fsp3) is 0. The number of thiazole rings is 1. The number of nitrogens with zero attached hydrogens (tertiary/aromatic N) is 1. The van der Waals surface area contributed by atoms with Crippen LogP contribution in [0, 0.1) is 14.1 Å². The summed E-state index contributed by atoms with van der Waals surface area (Å²) in [4.78, 5) is 13.3. The lowest BCUT2D eigenvalue weighted by Crippen LogP contribution is -1.86. The Balaban J connectivity index is 2.04. The first-order valence-corrected chi connectivity index (χ1v) is 7.04. The van der Waals surface area contributed by atoms with Crippen LogP contribution >= 0.6 is 23.6 Å². The Bertz CT molecular complexity index is 794. The molecule has 0 saturated heterocycles. The van der Waals surface area contributed by atoms with Crippen LogP contribution in [0.1, 0.15) is 10.4 Å². The summed E-state index contributed by atoms with van der Waals surface area (Å²) >= 11 is 6.15. The predicted octanol–water partition coefficient (Wildman–Crippen LogP) is 4.30. The van der Waals surface area contributed by atoms with E-state index in [1.54, 1.807) is 36.4 Å². The van der Waals surface area contributed by atoms with Crippen molar-refractivity contribution in [2.75, 3.05) is 0 Å². The summed E-state index contributed by atoms with van der Waals surface area (Å²) in [5.41, 5.74) is 3.80. The van der Waals surface area contributed by atoms with Crippen molar-refractivity contribution in [1.29, 1.82) is 0 Å². The van der Waals surface area contributed by atoms with Crippen LogP contribution < -0.4 is 0 Å². The minimum atomic E-state index is -0.436. The Kier molecular flexibility index (Phi) is 4.84. The van der Waals surface area contributed by atoms with E-state index in [2.05, 4.69) is 10.7 Å². The van der Waals surface area contributed by atoms with Gasteiger partial charge in [-0.3, -0.25) is 10.1 Å². The van der Waals surface area contributed by atoms with Crippen molar-refractivity contribution < 1.29 is 10.0 Å². The molecule has 2 rings (SSSR count). The molecule has 0 aliphatic rings. The largest absolute Gasteiger partial charge is 0.494 e. The highest BCUT2D eigenvalue weighted by atomic mass is 32.1. The average molecular weight is 318 g/mol. The Morgan fingerprint density at radius 1 is 1.38 bits per heavy atom. The van der Waals surface area contributed by atoms with Gasteiger partial charge in [0.15, 0.2) is 3.95 Å². The number of aromatic nitrogens is 1. The number of allylic oxidation sites excluding steroid dienone is 2. The second-order valence-corrected chi connectivity index (χ2v) is 5.63. The number of nitro benzene ring substituents is 1. The highest BCUT2D eigenvalue weighted by Gasteiger charge is 2.01. The maximum atomic E-state index is 10.5. The highest BCUT2D eigenvalue weighted by molar-refractivity contribution is 7.73. The summed E-state index contributed by atoms with van der Waals surface area (Å²) in [7, 11) is 0. The van der Waals surface area contributed by atoms with E-state index < -0.39 is 4.92 Å². The third-order valence-corrected chi connectivity index (χ3v) is 3.63. The number of hydrogen-bond donors (Lipinski definition) is 2. The number of aromatic hydroxyl groups is 1. The van der Waals surface area contributed by atoms with E-state index in [1.807, 2.05) is 0 Å². The molecule has 7 heteroatoms. The van der Waals surface area contributed by atoms with Gasteiger partial charge < -0.3 is 10.1 Å². The van der Waals surface area contributed by atoms with Gasteiger partial charge in [-0.25, -0.2) is 0 Å². The Hall–Kier alpha value is -2.47. The van der Waals surface area contributed by atoms with Crippen molar-refractivity contribution >= 4 is 41.4 Å². The lowest BCUT2D eigenvalue weighted by molar-refractivity contribution is -0.384. The molecule has 0 aliphatic carbocycles. The van der Waals surface area contributed by atoms with Crippen molar-refractivity contribution in [3.05, 3.63) is 66.7 Å². The first-order chi connectivity index (χ1) is 10.1. The molecule has 0 unspecified atom stereocenters. The summed E-state index contributed by atoms with van der Waals surface area (Å²) in [5, 5.41) is 20.0. The third kappa shape index (κ3) is 4.25. The number of benzene rings is 1. The van der Waals surface area contributed by atoms with Gasteiger partial charge in [0, 0.05) is 18.2 Å². The number of H-pyrrole nitrogens is 1. The maximum absolute atomic E-state index is 10.5. The minimum Gasteiger partial charge on any atom is -0.494 e. The first kappa shape index (κ1) is 14.9. The quantitative estimate of drug-likeness (QED) is 0.289. The molecule has 0 saturated carbocycles. The predicted molar refractivity (Wildman–Crippen MR) is 85.8 cm³/mol. The van der Waals surface area contributed by atoms with Crippen molar-refractivity contribution in [3.8, 4) is 5.88 Å². The summed E-state index contributed by atoms with van der Waals surface area (Å²) in [6.07, 6.45) is 6.83. The van der Waals surface area contributed by atoms with Gasteiger partial charge in [0.05, 0.1) is 9.80 Å². The number of nitro groups is 1. The van der Waals surface area contributed by atoms with Crippen LogP contribution in [0.4, 0.5) is 5.69 Å². The maximum Gasteiger partial charge on any atom is 0.269 e. The van der Waals surface area contributed by atoms with Crippen molar-refractivity contribution in [1.82, 2.24) is 4.98 Å². The Morgan fingerprint density at radius 3 is 2.67 bits per heavy atom. The standard InChI is InChI=1S/C14H10N2O3S2/c17-13-12(21-14(20)15-13)5-3-1-2-4-10-6-8-11(9-7-10)16(18)19/h1-2,4-9,17H,(H,15,20)/b4-2+.